The highest BCUT2D eigenvalue weighted by Crippen LogP contribution is 2.26. The second-order valence-corrected chi connectivity index (χ2v) is 4.31. The van der Waals surface area contributed by atoms with Gasteiger partial charge < -0.3 is 16.0 Å². The van der Waals surface area contributed by atoms with Gasteiger partial charge in [-0.2, -0.15) is 0 Å². The van der Waals surface area contributed by atoms with E-state index in [1.807, 2.05) is 13.0 Å². The van der Waals surface area contributed by atoms with Crippen LogP contribution in [0.5, 0.6) is 0 Å². The summed E-state index contributed by atoms with van der Waals surface area (Å²) in [7, 11) is 0. The summed E-state index contributed by atoms with van der Waals surface area (Å²) in [5, 5.41) is 3.14. The van der Waals surface area contributed by atoms with Gasteiger partial charge in [-0.15, -0.1) is 0 Å². The van der Waals surface area contributed by atoms with Gasteiger partial charge in [-0.25, -0.2) is 0 Å². The molecule has 0 spiro atoms. The monoisotopic (exact) mass is 247 g/mol. The number of primary amides is 1. The van der Waals surface area contributed by atoms with Gasteiger partial charge in [0.15, 0.2) is 0 Å². The molecule has 1 heterocycles. The number of nitrogens with zero attached hydrogens (tertiary/aromatic N) is 1. The van der Waals surface area contributed by atoms with Crippen molar-refractivity contribution in [1.29, 1.82) is 0 Å². The molecule has 0 aliphatic carbocycles. The van der Waals surface area contributed by atoms with Crippen molar-refractivity contribution in [3.05, 3.63) is 23.8 Å². The maximum atomic E-state index is 11.7. The van der Waals surface area contributed by atoms with Crippen LogP contribution >= 0.6 is 0 Å². The summed E-state index contributed by atoms with van der Waals surface area (Å²) in [6.07, 6.45) is 1.42. The molecule has 1 saturated heterocycles. The van der Waals surface area contributed by atoms with Crippen LogP contribution < -0.4 is 16.0 Å². The van der Waals surface area contributed by atoms with Gasteiger partial charge in [0.1, 0.15) is 0 Å². The summed E-state index contributed by atoms with van der Waals surface area (Å²) in [6, 6.07) is 5.25. The average molecular weight is 247 g/mol. The number of nitrogens with two attached hydrogens (primary N) is 1. The molecule has 0 atom stereocenters. The summed E-state index contributed by atoms with van der Waals surface area (Å²) in [5.41, 5.74) is 7.28. The van der Waals surface area contributed by atoms with E-state index in [1.54, 1.807) is 17.0 Å². The molecule has 3 N–H and O–H groups in total. The van der Waals surface area contributed by atoms with Gasteiger partial charge in [0, 0.05) is 36.4 Å². The molecule has 5 heteroatoms. The Bertz CT molecular complexity index is 485. The normalized spacial score (nSPS) is 14.9. The molecule has 1 aliphatic heterocycles. The number of benzene rings is 1. The lowest BCUT2D eigenvalue weighted by molar-refractivity contribution is -0.117. The molecule has 1 aromatic rings. The Hall–Kier alpha value is -2.04. The smallest absolute Gasteiger partial charge is 0.248 e. The zero-order chi connectivity index (χ0) is 13.1. The molecule has 0 radical (unpaired) electrons. The first-order valence-electron chi connectivity index (χ1n) is 6.11. The van der Waals surface area contributed by atoms with Gasteiger partial charge in [-0.05, 0) is 31.5 Å². The van der Waals surface area contributed by atoms with Crippen molar-refractivity contribution >= 4 is 23.2 Å². The molecule has 0 saturated carbocycles. The number of anilines is 2. The maximum Gasteiger partial charge on any atom is 0.248 e. The Kier molecular flexibility index (Phi) is 3.50. The minimum atomic E-state index is -0.484. The Labute approximate surface area is 106 Å². The van der Waals surface area contributed by atoms with Crippen molar-refractivity contribution < 1.29 is 9.59 Å². The van der Waals surface area contributed by atoms with E-state index in [4.69, 9.17) is 5.73 Å². The summed E-state index contributed by atoms with van der Waals surface area (Å²) in [4.78, 5) is 24.7. The van der Waals surface area contributed by atoms with Crippen LogP contribution in [0.1, 0.15) is 30.1 Å². The van der Waals surface area contributed by atoms with Crippen molar-refractivity contribution in [2.45, 2.75) is 19.8 Å². The van der Waals surface area contributed by atoms with Crippen molar-refractivity contribution in [1.82, 2.24) is 0 Å². The number of nitrogens with one attached hydrogen (secondary N) is 1. The minimum absolute atomic E-state index is 0.0964. The Morgan fingerprint density at radius 1 is 1.44 bits per heavy atom. The lowest BCUT2D eigenvalue weighted by Crippen LogP contribution is -2.24. The van der Waals surface area contributed by atoms with Gasteiger partial charge in [0.25, 0.3) is 0 Å². The van der Waals surface area contributed by atoms with Crippen LogP contribution in [0.4, 0.5) is 11.4 Å². The largest absolute Gasteiger partial charge is 0.385 e. The van der Waals surface area contributed by atoms with Gasteiger partial charge >= 0.3 is 0 Å². The topological polar surface area (TPSA) is 75.4 Å². The van der Waals surface area contributed by atoms with Crippen LogP contribution in [-0.4, -0.2) is 24.9 Å². The van der Waals surface area contributed by atoms with E-state index in [2.05, 4.69) is 5.32 Å². The van der Waals surface area contributed by atoms with Gasteiger partial charge in [-0.3, -0.25) is 9.59 Å². The van der Waals surface area contributed by atoms with Crippen LogP contribution in [0.25, 0.3) is 0 Å². The number of carbonyl (C=O) groups excluding carboxylic acids is 2. The molecule has 0 aromatic heterocycles. The fourth-order valence-electron chi connectivity index (χ4n) is 2.14. The minimum Gasteiger partial charge on any atom is -0.385 e. The number of carbonyl (C=O) groups is 2. The third-order valence-corrected chi connectivity index (χ3v) is 2.97. The first-order chi connectivity index (χ1) is 8.61. The number of hydrogen-bond donors (Lipinski definition) is 2. The second kappa shape index (κ2) is 5.08. The van der Waals surface area contributed by atoms with Crippen molar-refractivity contribution in [2.24, 2.45) is 5.73 Å². The second-order valence-electron chi connectivity index (χ2n) is 4.31. The first kappa shape index (κ1) is 12.4. The SMILES string of the molecule is CCNc1cc(C(N)=O)cc(N2CCCC2=O)c1. The molecule has 1 aliphatic rings. The molecule has 5 nitrogen and oxygen atoms in total. The molecule has 0 bridgehead atoms. The highest BCUT2D eigenvalue weighted by atomic mass is 16.2. The van der Waals surface area contributed by atoms with Crippen LogP contribution in [0.3, 0.4) is 0 Å². The van der Waals surface area contributed by atoms with Gasteiger partial charge in [-0.1, -0.05) is 0 Å². The number of amides is 2. The average Bonchev–Trinajstić information content (AvgIpc) is 2.75. The zero-order valence-corrected chi connectivity index (χ0v) is 10.4. The fraction of sp³-hybridized carbons (Fsp3) is 0.385. The van der Waals surface area contributed by atoms with Crippen molar-refractivity contribution in [3.8, 4) is 0 Å². The lowest BCUT2D eigenvalue weighted by atomic mass is 10.1. The van der Waals surface area contributed by atoms with Crippen LogP contribution in [-0.2, 0) is 4.79 Å². The highest BCUT2D eigenvalue weighted by Gasteiger charge is 2.22. The van der Waals surface area contributed by atoms with E-state index in [0.29, 0.717) is 18.5 Å². The summed E-state index contributed by atoms with van der Waals surface area (Å²) in [6.45, 7) is 3.42. The molecule has 1 aromatic carbocycles. The molecule has 2 amide bonds. The molecular formula is C13H17N3O2. The Balaban J connectivity index is 2.39. The fourth-order valence-corrected chi connectivity index (χ4v) is 2.14. The van der Waals surface area contributed by atoms with Crippen molar-refractivity contribution in [3.63, 3.8) is 0 Å². The van der Waals surface area contributed by atoms with E-state index in [0.717, 1.165) is 24.3 Å². The standard InChI is InChI=1S/C13H17N3O2/c1-2-15-10-6-9(13(14)18)7-11(8-10)16-5-3-4-12(16)17/h6-8,15H,2-5H2,1H3,(H2,14,18). The zero-order valence-electron chi connectivity index (χ0n) is 10.4. The predicted molar refractivity (Wildman–Crippen MR) is 70.7 cm³/mol. The third-order valence-electron chi connectivity index (χ3n) is 2.97. The molecule has 0 unspecified atom stereocenters. The number of rotatable bonds is 4. The van der Waals surface area contributed by atoms with E-state index in [1.165, 1.54) is 0 Å². The van der Waals surface area contributed by atoms with E-state index < -0.39 is 5.91 Å². The molecular weight excluding hydrogens is 230 g/mol. The van der Waals surface area contributed by atoms with E-state index >= 15 is 0 Å². The van der Waals surface area contributed by atoms with Gasteiger partial charge in [0.05, 0.1) is 0 Å². The summed E-state index contributed by atoms with van der Waals surface area (Å²) >= 11 is 0. The highest BCUT2D eigenvalue weighted by molar-refractivity contribution is 5.99. The molecule has 18 heavy (non-hydrogen) atoms. The third kappa shape index (κ3) is 2.45. The molecule has 1 fully saturated rings. The lowest BCUT2D eigenvalue weighted by Gasteiger charge is -2.18. The number of hydrogen-bond acceptors (Lipinski definition) is 3. The van der Waals surface area contributed by atoms with Crippen LogP contribution in [0.15, 0.2) is 18.2 Å². The van der Waals surface area contributed by atoms with Gasteiger partial charge in [0.2, 0.25) is 11.8 Å². The Morgan fingerprint density at radius 2 is 2.22 bits per heavy atom. The van der Waals surface area contributed by atoms with Crippen molar-refractivity contribution in [2.75, 3.05) is 23.3 Å². The molecule has 96 valence electrons. The maximum absolute atomic E-state index is 11.7. The Morgan fingerprint density at radius 3 is 2.78 bits per heavy atom. The van der Waals surface area contributed by atoms with E-state index in [-0.39, 0.29) is 5.91 Å². The van der Waals surface area contributed by atoms with Crippen LogP contribution in [0.2, 0.25) is 0 Å². The quantitative estimate of drug-likeness (QED) is 0.843. The predicted octanol–water partition coefficient (Wildman–Crippen LogP) is 1.34. The van der Waals surface area contributed by atoms with E-state index in [9.17, 15) is 9.59 Å². The summed E-state index contributed by atoms with van der Waals surface area (Å²) < 4.78 is 0. The first-order valence-corrected chi connectivity index (χ1v) is 6.11. The van der Waals surface area contributed by atoms with Crippen LogP contribution in [0, 0.1) is 0 Å². The molecule has 2 rings (SSSR count). The summed E-state index contributed by atoms with van der Waals surface area (Å²) in [5.74, 6) is -0.387.